The first-order valence-electron chi connectivity index (χ1n) is 4.45. The standard InChI is InChI=1S/C9H11N3O4/c1-10-6(14)4-12-9(16)7-8(15)5(13)2-3-11-7/h2-3,15H,4H2,1H3,(H,10,14)(H,11,13)(H,12,16). The van der Waals surface area contributed by atoms with Crippen LogP contribution in [0.2, 0.25) is 0 Å². The molecule has 0 radical (unpaired) electrons. The van der Waals surface area contributed by atoms with E-state index < -0.39 is 17.1 Å². The largest absolute Gasteiger partial charge is 0.503 e. The zero-order valence-electron chi connectivity index (χ0n) is 8.53. The number of aromatic hydroxyl groups is 1. The first-order chi connectivity index (χ1) is 7.56. The molecular formula is C9H11N3O4. The van der Waals surface area contributed by atoms with E-state index in [-0.39, 0.29) is 18.1 Å². The van der Waals surface area contributed by atoms with Crippen LogP contribution in [0.3, 0.4) is 0 Å². The van der Waals surface area contributed by atoms with Crippen molar-refractivity contribution in [1.82, 2.24) is 15.6 Å². The summed E-state index contributed by atoms with van der Waals surface area (Å²) in [5.41, 5.74) is -0.930. The molecule has 7 nitrogen and oxygen atoms in total. The molecule has 0 aliphatic heterocycles. The van der Waals surface area contributed by atoms with Gasteiger partial charge in [-0.25, -0.2) is 0 Å². The molecule has 0 aliphatic carbocycles. The number of hydrogen-bond donors (Lipinski definition) is 4. The van der Waals surface area contributed by atoms with Gasteiger partial charge in [0.05, 0.1) is 6.54 Å². The van der Waals surface area contributed by atoms with Gasteiger partial charge in [0.15, 0.2) is 11.4 Å². The number of carbonyl (C=O) groups excluding carboxylic acids is 2. The molecule has 0 saturated heterocycles. The highest BCUT2D eigenvalue weighted by atomic mass is 16.3. The molecule has 0 atom stereocenters. The Morgan fingerprint density at radius 3 is 2.81 bits per heavy atom. The average Bonchev–Trinajstić information content (AvgIpc) is 2.29. The van der Waals surface area contributed by atoms with E-state index in [0.717, 1.165) is 6.07 Å². The molecular weight excluding hydrogens is 214 g/mol. The van der Waals surface area contributed by atoms with Crippen molar-refractivity contribution < 1.29 is 14.7 Å². The molecule has 86 valence electrons. The predicted molar refractivity (Wildman–Crippen MR) is 55.1 cm³/mol. The maximum absolute atomic E-state index is 11.4. The number of H-pyrrole nitrogens is 1. The Labute approximate surface area is 90.5 Å². The number of nitrogens with one attached hydrogen (secondary N) is 3. The monoisotopic (exact) mass is 225 g/mol. The second-order valence-electron chi connectivity index (χ2n) is 2.92. The summed E-state index contributed by atoms with van der Waals surface area (Å²) < 4.78 is 0. The van der Waals surface area contributed by atoms with Crippen LogP contribution in [-0.4, -0.2) is 35.5 Å². The minimum absolute atomic E-state index is 0.230. The molecule has 1 rings (SSSR count). The smallest absolute Gasteiger partial charge is 0.272 e. The molecule has 0 aromatic carbocycles. The average molecular weight is 225 g/mol. The summed E-state index contributed by atoms with van der Waals surface area (Å²) in [6.45, 7) is -0.230. The molecule has 1 aromatic rings. The Morgan fingerprint density at radius 1 is 1.50 bits per heavy atom. The fourth-order valence-electron chi connectivity index (χ4n) is 0.982. The van der Waals surface area contributed by atoms with Gasteiger partial charge < -0.3 is 20.7 Å². The van der Waals surface area contributed by atoms with Gasteiger partial charge in [-0.1, -0.05) is 0 Å². The lowest BCUT2D eigenvalue weighted by Crippen LogP contribution is -2.35. The lowest BCUT2D eigenvalue weighted by atomic mass is 10.3. The zero-order chi connectivity index (χ0) is 12.1. The van der Waals surface area contributed by atoms with Gasteiger partial charge in [-0.3, -0.25) is 14.4 Å². The van der Waals surface area contributed by atoms with Crippen LogP contribution in [-0.2, 0) is 4.79 Å². The Bertz CT molecular complexity index is 466. The summed E-state index contributed by atoms with van der Waals surface area (Å²) in [6, 6.07) is 1.09. The molecule has 1 heterocycles. The number of hydrogen-bond acceptors (Lipinski definition) is 4. The van der Waals surface area contributed by atoms with E-state index in [0.29, 0.717) is 0 Å². The Balaban J connectivity index is 2.78. The van der Waals surface area contributed by atoms with Gasteiger partial charge >= 0.3 is 0 Å². The first-order valence-corrected chi connectivity index (χ1v) is 4.45. The van der Waals surface area contributed by atoms with Gasteiger partial charge in [-0.05, 0) is 0 Å². The molecule has 16 heavy (non-hydrogen) atoms. The molecule has 0 saturated carbocycles. The van der Waals surface area contributed by atoms with Crippen molar-refractivity contribution in [1.29, 1.82) is 0 Å². The molecule has 0 unspecified atom stereocenters. The van der Waals surface area contributed by atoms with Gasteiger partial charge in [0.1, 0.15) is 0 Å². The molecule has 2 amide bonds. The Hall–Kier alpha value is -2.31. The normalized spacial score (nSPS) is 9.56. The van der Waals surface area contributed by atoms with Crippen LogP contribution in [0.25, 0.3) is 0 Å². The summed E-state index contributed by atoms with van der Waals surface area (Å²) in [5.74, 6) is -1.78. The maximum Gasteiger partial charge on any atom is 0.272 e. The maximum atomic E-state index is 11.4. The van der Waals surface area contributed by atoms with Crippen molar-refractivity contribution in [2.24, 2.45) is 0 Å². The molecule has 7 heteroatoms. The van der Waals surface area contributed by atoms with E-state index in [9.17, 15) is 19.5 Å². The summed E-state index contributed by atoms with van der Waals surface area (Å²) >= 11 is 0. The summed E-state index contributed by atoms with van der Waals surface area (Å²) in [7, 11) is 1.43. The second-order valence-corrected chi connectivity index (χ2v) is 2.92. The minimum atomic E-state index is -0.723. The molecule has 1 aromatic heterocycles. The van der Waals surface area contributed by atoms with Crippen LogP contribution >= 0.6 is 0 Å². The number of aromatic nitrogens is 1. The third kappa shape index (κ3) is 2.59. The first kappa shape index (κ1) is 11.8. The van der Waals surface area contributed by atoms with Crippen molar-refractivity contribution in [3.63, 3.8) is 0 Å². The number of likely N-dealkylation sites (N-methyl/N-ethyl adjacent to an activating group) is 1. The Morgan fingerprint density at radius 2 is 2.19 bits per heavy atom. The lowest BCUT2D eigenvalue weighted by molar-refractivity contribution is -0.119. The Kier molecular flexibility index (Phi) is 3.65. The van der Waals surface area contributed by atoms with E-state index >= 15 is 0 Å². The topological polar surface area (TPSA) is 111 Å². The van der Waals surface area contributed by atoms with E-state index in [1.165, 1.54) is 13.2 Å². The summed E-state index contributed by atoms with van der Waals surface area (Å²) in [6.07, 6.45) is 1.23. The fourth-order valence-corrected chi connectivity index (χ4v) is 0.982. The van der Waals surface area contributed by atoms with Crippen molar-refractivity contribution in [2.45, 2.75) is 0 Å². The fraction of sp³-hybridized carbons (Fsp3) is 0.222. The van der Waals surface area contributed by atoms with Gasteiger partial charge in [0, 0.05) is 19.3 Å². The zero-order valence-corrected chi connectivity index (χ0v) is 8.53. The molecule has 0 spiro atoms. The lowest BCUT2D eigenvalue weighted by Gasteiger charge is -2.05. The van der Waals surface area contributed by atoms with Crippen LogP contribution in [0, 0.1) is 0 Å². The number of rotatable bonds is 3. The van der Waals surface area contributed by atoms with Crippen LogP contribution in [0.1, 0.15) is 10.5 Å². The molecule has 0 aliphatic rings. The summed E-state index contributed by atoms with van der Waals surface area (Å²) in [4.78, 5) is 35.7. The van der Waals surface area contributed by atoms with Crippen molar-refractivity contribution >= 4 is 11.8 Å². The van der Waals surface area contributed by atoms with Gasteiger partial charge in [-0.15, -0.1) is 0 Å². The minimum Gasteiger partial charge on any atom is -0.503 e. The van der Waals surface area contributed by atoms with Crippen molar-refractivity contribution in [2.75, 3.05) is 13.6 Å². The van der Waals surface area contributed by atoms with Gasteiger partial charge in [0.25, 0.3) is 5.91 Å². The second kappa shape index (κ2) is 4.96. The number of carbonyl (C=O) groups is 2. The van der Waals surface area contributed by atoms with Gasteiger partial charge in [0.2, 0.25) is 11.3 Å². The van der Waals surface area contributed by atoms with E-state index in [1.807, 2.05) is 0 Å². The van der Waals surface area contributed by atoms with Crippen LogP contribution in [0.15, 0.2) is 17.1 Å². The van der Waals surface area contributed by atoms with E-state index in [2.05, 4.69) is 15.6 Å². The van der Waals surface area contributed by atoms with Crippen molar-refractivity contribution in [3.05, 3.63) is 28.2 Å². The number of pyridine rings is 1. The van der Waals surface area contributed by atoms with Crippen LogP contribution < -0.4 is 16.1 Å². The van der Waals surface area contributed by atoms with Crippen LogP contribution in [0.4, 0.5) is 0 Å². The predicted octanol–water partition coefficient (Wildman–Crippen LogP) is -1.44. The van der Waals surface area contributed by atoms with Crippen LogP contribution in [0.5, 0.6) is 5.75 Å². The highest BCUT2D eigenvalue weighted by Crippen LogP contribution is 2.05. The van der Waals surface area contributed by atoms with Gasteiger partial charge in [-0.2, -0.15) is 0 Å². The van der Waals surface area contributed by atoms with E-state index in [1.54, 1.807) is 0 Å². The third-order valence-electron chi connectivity index (χ3n) is 1.85. The highest BCUT2D eigenvalue weighted by molar-refractivity contribution is 5.96. The number of aromatic amines is 1. The third-order valence-corrected chi connectivity index (χ3v) is 1.85. The molecule has 0 fully saturated rings. The SMILES string of the molecule is CNC(=O)CNC(=O)c1[nH]ccc(=O)c1O. The highest BCUT2D eigenvalue weighted by Gasteiger charge is 2.14. The molecule has 4 N–H and O–H groups in total. The van der Waals surface area contributed by atoms with Crippen molar-refractivity contribution in [3.8, 4) is 5.75 Å². The summed E-state index contributed by atoms with van der Waals surface area (Å²) in [5, 5.41) is 13.8. The number of amides is 2. The quantitative estimate of drug-likeness (QED) is 0.504. The van der Waals surface area contributed by atoms with E-state index in [4.69, 9.17) is 0 Å². The molecule has 0 bridgehead atoms.